The zero-order valence-electron chi connectivity index (χ0n) is 20.9. The van der Waals surface area contributed by atoms with Crippen molar-refractivity contribution in [3.05, 3.63) is 77.1 Å². The monoisotopic (exact) mass is 487 g/mol. The molecule has 0 aliphatic carbocycles. The van der Waals surface area contributed by atoms with Crippen LogP contribution in [0.4, 0.5) is 5.69 Å². The Morgan fingerprint density at radius 3 is 2.50 bits per heavy atom. The molecule has 0 spiro atoms. The van der Waals surface area contributed by atoms with Gasteiger partial charge in [-0.15, -0.1) is 0 Å². The second-order valence-corrected chi connectivity index (χ2v) is 9.23. The summed E-state index contributed by atoms with van der Waals surface area (Å²) in [5.41, 5.74) is 5.45. The van der Waals surface area contributed by atoms with Crippen molar-refractivity contribution < 1.29 is 19.4 Å². The van der Waals surface area contributed by atoms with E-state index in [0.29, 0.717) is 24.1 Å². The van der Waals surface area contributed by atoms with Gasteiger partial charge in [0.25, 0.3) is 5.91 Å². The van der Waals surface area contributed by atoms with E-state index in [0.717, 1.165) is 66.9 Å². The van der Waals surface area contributed by atoms with Gasteiger partial charge in [0, 0.05) is 37.1 Å². The zero-order chi connectivity index (χ0) is 25.5. The van der Waals surface area contributed by atoms with Crippen LogP contribution in [0.5, 0.6) is 5.75 Å². The molecule has 3 aromatic rings. The number of aliphatic hydroxyl groups excluding tert-OH is 1. The summed E-state index contributed by atoms with van der Waals surface area (Å²) in [4.78, 5) is 30.0. The van der Waals surface area contributed by atoms with Gasteiger partial charge >= 0.3 is 0 Å². The van der Waals surface area contributed by atoms with Crippen molar-refractivity contribution in [1.29, 1.82) is 0 Å². The first kappa shape index (κ1) is 25.5. The second-order valence-electron chi connectivity index (χ2n) is 9.23. The Bertz CT molecular complexity index is 1200. The van der Waals surface area contributed by atoms with Gasteiger partial charge in [0.15, 0.2) is 6.29 Å². The molecule has 1 aliphatic heterocycles. The first-order chi connectivity index (χ1) is 17.5. The Balaban J connectivity index is 1.42. The van der Waals surface area contributed by atoms with Crippen LogP contribution >= 0.6 is 0 Å². The number of benzene rings is 2. The normalized spacial score (nSPS) is 14.4. The van der Waals surface area contributed by atoms with E-state index in [1.165, 1.54) is 12.3 Å². The minimum Gasteiger partial charge on any atom is -0.493 e. The lowest BCUT2D eigenvalue weighted by atomic mass is 9.95. The lowest BCUT2D eigenvalue weighted by Crippen LogP contribution is -2.36. The van der Waals surface area contributed by atoms with E-state index in [1.54, 1.807) is 6.07 Å². The van der Waals surface area contributed by atoms with Crippen molar-refractivity contribution in [3.8, 4) is 16.9 Å². The molecule has 1 aliphatic rings. The first-order valence-corrected chi connectivity index (χ1v) is 12.4. The molecule has 7 nitrogen and oxygen atoms in total. The van der Waals surface area contributed by atoms with Crippen molar-refractivity contribution in [2.45, 2.75) is 39.2 Å². The highest BCUT2D eigenvalue weighted by Crippen LogP contribution is 2.34. The first-order valence-electron chi connectivity index (χ1n) is 12.4. The van der Waals surface area contributed by atoms with E-state index >= 15 is 0 Å². The molecule has 0 bridgehead atoms. The Labute approximate surface area is 212 Å². The molecule has 2 aromatic carbocycles. The summed E-state index contributed by atoms with van der Waals surface area (Å²) < 4.78 is 6.14. The van der Waals surface area contributed by atoms with Crippen LogP contribution in [0.15, 0.2) is 54.7 Å². The standard InChI is InChI=1S/C29H33N3O4/c1-20-24(6-3-8-26(20)31-29(35)27-11-10-22(19-33)18-30-27)25-7-4-9-28(21(25)2)36-17-5-14-32-15-12-23(34)13-16-32/h3-4,6-11,18-19,23,34H,5,12-17H2,1-2H3,(H,31,35). The van der Waals surface area contributed by atoms with Crippen LogP contribution in [0.1, 0.15) is 51.2 Å². The van der Waals surface area contributed by atoms with Gasteiger partial charge in [-0.1, -0.05) is 24.3 Å². The van der Waals surface area contributed by atoms with E-state index in [1.807, 2.05) is 37.3 Å². The highest BCUT2D eigenvalue weighted by atomic mass is 16.5. The zero-order valence-corrected chi connectivity index (χ0v) is 20.9. The summed E-state index contributed by atoms with van der Waals surface area (Å²) >= 11 is 0. The van der Waals surface area contributed by atoms with E-state index in [4.69, 9.17) is 4.74 Å². The quantitative estimate of drug-likeness (QED) is 0.337. The summed E-state index contributed by atoms with van der Waals surface area (Å²) in [7, 11) is 0. The third-order valence-electron chi connectivity index (χ3n) is 6.74. The fourth-order valence-corrected chi connectivity index (χ4v) is 4.53. The number of carbonyl (C=O) groups excluding carboxylic acids is 2. The summed E-state index contributed by atoms with van der Waals surface area (Å²) in [6.07, 6.45) is 4.57. The molecule has 0 unspecified atom stereocenters. The van der Waals surface area contributed by atoms with Crippen LogP contribution in [0.3, 0.4) is 0 Å². The fourth-order valence-electron chi connectivity index (χ4n) is 4.53. The largest absolute Gasteiger partial charge is 0.493 e. The number of hydrogen-bond donors (Lipinski definition) is 2. The highest BCUT2D eigenvalue weighted by Gasteiger charge is 2.17. The molecule has 0 atom stereocenters. The average molecular weight is 488 g/mol. The molecule has 0 radical (unpaired) electrons. The van der Waals surface area contributed by atoms with Crippen LogP contribution in [-0.2, 0) is 0 Å². The predicted molar refractivity (Wildman–Crippen MR) is 141 cm³/mol. The molecule has 188 valence electrons. The number of hydrogen-bond acceptors (Lipinski definition) is 6. The maximum atomic E-state index is 12.7. The highest BCUT2D eigenvalue weighted by molar-refractivity contribution is 6.04. The molecule has 1 aromatic heterocycles. The van der Waals surface area contributed by atoms with Crippen molar-refractivity contribution in [2.75, 3.05) is 31.6 Å². The minimum absolute atomic E-state index is 0.148. The molecule has 1 amide bonds. The molecule has 4 rings (SSSR count). The number of piperidine rings is 1. The number of nitrogens with zero attached hydrogens (tertiary/aromatic N) is 2. The summed E-state index contributed by atoms with van der Waals surface area (Å²) in [5.74, 6) is 0.527. The number of carbonyl (C=O) groups is 2. The smallest absolute Gasteiger partial charge is 0.274 e. The van der Waals surface area contributed by atoms with E-state index in [9.17, 15) is 14.7 Å². The molecule has 36 heavy (non-hydrogen) atoms. The van der Waals surface area contributed by atoms with Gasteiger partial charge in [0.2, 0.25) is 0 Å². The Hall–Kier alpha value is -3.55. The van der Waals surface area contributed by atoms with Crippen LogP contribution in [0.2, 0.25) is 0 Å². The van der Waals surface area contributed by atoms with Crippen LogP contribution in [0.25, 0.3) is 11.1 Å². The number of pyridine rings is 1. The average Bonchev–Trinajstić information content (AvgIpc) is 2.90. The van der Waals surface area contributed by atoms with Crippen molar-refractivity contribution in [1.82, 2.24) is 9.88 Å². The van der Waals surface area contributed by atoms with Gasteiger partial charge < -0.3 is 20.1 Å². The van der Waals surface area contributed by atoms with Gasteiger partial charge in [-0.2, -0.15) is 0 Å². The Morgan fingerprint density at radius 1 is 1.08 bits per heavy atom. The van der Waals surface area contributed by atoms with Gasteiger partial charge in [-0.25, -0.2) is 0 Å². The molecule has 1 saturated heterocycles. The number of rotatable bonds is 9. The number of ether oxygens (including phenoxy) is 1. The lowest BCUT2D eigenvalue weighted by Gasteiger charge is -2.29. The predicted octanol–water partition coefficient (Wildman–Crippen LogP) is 4.66. The minimum atomic E-state index is -0.329. The summed E-state index contributed by atoms with van der Waals surface area (Å²) in [6.45, 7) is 7.54. The van der Waals surface area contributed by atoms with E-state index in [2.05, 4.69) is 28.2 Å². The third-order valence-corrected chi connectivity index (χ3v) is 6.74. The Morgan fingerprint density at radius 2 is 1.81 bits per heavy atom. The third kappa shape index (κ3) is 6.17. The van der Waals surface area contributed by atoms with Gasteiger partial charge in [-0.05, 0) is 79.6 Å². The fraction of sp³-hybridized carbons (Fsp3) is 0.345. The second kappa shape index (κ2) is 11.9. The maximum Gasteiger partial charge on any atom is 0.274 e. The number of amides is 1. The topological polar surface area (TPSA) is 91.8 Å². The van der Waals surface area contributed by atoms with Crippen LogP contribution in [0, 0.1) is 13.8 Å². The van der Waals surface area contributed by atoms with Crippen molar-refractivity contribution in [3.63, 3.8) is 0 Å². The van der Waals surface area contributed by atoms with E-state index < -0.39 is 0 Å². The summed E-state index contributed by atoms with van der Waals surface area (Å²) in [5, 5.41) is 12.6. The number of likely N-dealkylation sites (tertiary alicyclic amines) is 1. The SMILES string of the molecule is Cc1c(NC(=O)c2ccc(C=O)cn2)cccc1-c1cccc(OCCCN2CCC(O)CC2)c1C. The molecule has 2 heterocycles. The van der Waals surface area contributed by atoms with Crippen LogP contribution in [-0.4, -0.2) is 59.5 Å². The van der Waals surface area contributed by atoms with Gasteiger partial charge in [0.1, 0.15) is 11.4 Å². The molecule has 0 saturated carbocycles. The molecule has 1 fully saturated rings. The molecular formula is C29H33N3O4. The molecule has 2 N–H and O–H groups in total. The summed E-state index contributed by atoms with van der Waals surface area (Å²) in [6, 6.07) is 15.0. The number of anilines is 1. The van der Waals surface area contributed by atoms with Gasteiger partial charge in [-0.3, -0.25) is 14.6 Å². The lowest BCUT2D eigenvalue weighted by molar-refractivity contribution is 0.0800. The maximum absolute atomic E-state index is 12.7. The number of aldehydes is 1. The Kier molecular flexibility index (Phi) is 8.46. The molecular weight excluding hydrogens is 454 g/mol. The number of nitrogens with one attached hydrogen (secondary N) is 1. The number of aromatic nitrogens is 1. The van der Waals surface area contributed by atoms with Crippen molar-refractivity contribution >= 4 is 17.9 Å². The number of aliphatic hydroxyl groups is 1. The molecule has 7 heteroatoms. The van der Waals surface area contributed by atoms with Crippen LogP contribution < -0.4 is 10.1 Å². The van der Waals surface area contributed by atoms with Gasteiger partial charge in [0.05, 0.1) is 12.7 Å². The van der Waals surface area contributed by atoms with Crippen molar-refractivity contribution in [2.24, 2.45) is 0 Å². The van der Waals surface area contributed by atoms with E-state index in [-0.39, 0.29) is 17.7 Å².